The Morgan fingerprint density at radius 1 is 1.04 bits per heavy atom. The molecule has 2 rings (SSSR count). The molecule has 1 amide bonds. The van der Waals surface area contributed by atoms with Gasteiger partial charge in [-0.3, -0.25) is 4.79 Å². The summed E-state index contributed by atoms with van der Waals surface area (Å²) in [6.07, 6.45) is 0. The van der Waals surface area contributed by atoms with Crippen LogP contribution in [0.4, 0.5) is 4.39 Å². The maximum absolute atomic E-state index is 12.6. The number of hydrogen-bond acceptors (Lipinski definition) is 3. The van der Waals surface area contributed by atoms with E-state index in [0.29, 0.717) is 0 Å². The molecule has 140 valence electrons. The number of halogens is 1. The molecule has 0 aliphatic rings. The van der Waals surface area contributed by atoms with E-state index in [1.165, 1.54) is 12.1 Å². The van der Waals surface area contributed by atoms with Gasteiger partial charge in [-0.15, -0.1) is 0 Å². The van der Waals surface area contributed by atoms with Crippen LogP contribution in [0, 0.1) is 11.2 Å². The minimum atomic E-state index is -1.05. The van der Waals surface area contributed by atoms with E-state index >= 15 is 0 Å². The summed E-state index contributed by atoms with van der Waals surface area (Å²) >= 11 is 0. The Bertz CT molecular complexity index is 710. The van der Waals surface area contributed by atoms with Gasteiger partial charge in [0.2, 0.25) is 5.91 Å². The molecular formula is C20H25FN2O3. The number of hydrogen-bond donors (Lipinski definition) is 3. The monoisotopic (exact) mass is 360 g/mol. The van der Waals surface area contributed by atoms with Crippen LogP contribution in [0.2, 0.25) is 0 Å². The van der Waals surface area contributed by atoms with Gasteiger partial charge in [0.1, 0.15) is 11.9 Å². The Morgan fingerprint density at radius 2 is 1.54 bits per heavy atom. The van der Waals surface area contributed by atoms with Gasteiger partial charge in [0.15, 0.2) is 0 Å². The van der Waals surface area contributed by atoms with E-state index in [9.17, 15) is 14.0 Å². The lowest BCUT2D eigenvalue weighted by Crippen LogP contribution is -2.50. The number of carbonyl (C=O) groups excluding carboxylic acids is 1. The van der Waals surface area contributed by atoms with Gasteiger partial charge >= 0.3 is 5.97 Å². The van der Waals surface area contributed by atoms with E-state index in [1.54, 1.807) is 32.9 Å². The SMILES string of the molecule is CC(C)(C)C(NC(=O)CN)C(=O)O.Fc1ccc(-c2ccccc2)cc1. The molecule has 2 aromatic rings. The summed E-state index contributed by atoms with van der Waals surface area (Å²) in [4.78, 5) is 21.6. The van der Waals surface area contributed by atoms with Crippen molar-refractivity contribution < 1.29 is 19.1 Å². The Labute approximate surface area is 153 Å². The number of benzene rings is 2. The predicted molar refractivity (Wildman–Crippen MR) is 99.9 cm³/mol. The van der Waals surface area contributed by atoms with Gasteiger partial charge in [-0.05, 0) is 28.7 Å². The van der Waals surface area contributed by atoms with Gasteiger partial charge < -0.3 is 16.2 Å². The summed E-state index contributed by atoms with van der Waals surface area (Å²) in [5.41, 5.74) is 6.70. The summed E-state index contributed by atoms with van der Waals surface area (Å²) in [6, 6.07) is 15.5. The standard InChI is InChI=1S/C12H9F.C8H16N2O3/c13-12-8-6-11(7-9-12)10-4-2-1-3-5-10;1-8(2,3)6(7(12)13)10-5(11)4-9/h1-9H;6H,4,9H2,1-3H3,(H,10,11)(H,12,13). The number of nitrogens with two attached hydrogens (primary N) is 1. The van der Waals surface area contributed by atoms with Crippen LogP contribution in [-0.4, -0.2) is 29.6 Å². The van der Waals surface area contributed by atoms with Crippen molar-refractivity contribution >= 4 is 11.9 Å². The van der Waals surface area contributed by atoms with Gasteiger partial charge in [0.05, 0.1) is 6.54 Å². The first-order chi connectivity index (χ1) is 12.1. The van der Waals surface area contributed by atoms with Gasteiger partial charge in [0.25, 0.3) is 0 Å². The van der Waals surface area contributed by atoms with E-state index in [0.717, 1.165) is 11.1 Å². The van der Waals surface area contributed by atoms with Crippen molar-refractivity contribution in [3.05, 3.63) is 60.4 Å². The average Bonchev–Trinajstić information content (AvgIpc) is 2.60. The number of carboxylic acid groups (broad SMARTS) is 1. The first-order valence-electron chi connectivity index (χ1n) is 8.18. The zero-order valence-corrected chi connectivity index (χ0v) is 15.2. The molecule has 0 spiro atoms. The van der Waals surface area contributed by atoms with Crippen LogP contribution in [0.25, 0.3) is 11.1 Å². The molecule has 0 radical (unpaired) electrons. The smallest absolute Gasteiger partial charge is 0.326 e. The molecule has 0 aliphatic carbocycles. The number of carboxylic acids is 1. The molecule has 0 bridgehead atoms. The lowest BCUT2D eigenvalue weighted by Gasteiger charge is -2.27. The molecule has 0 fully saturated rings. The molecular weight excluding hydrogens is 335 g/mol. The number of nitrogens with one attached hydrogen (secondary N) is 1. The molecule has 6 heteroatoms. The maximum Gasteiger partial charge on any atom is 0.326 e. The minimum Gasteiger partial charge on any atom is -0.480 e. The second-order valence-corrected chi connectivity index (χ2v) is 6.78. The topological polar surface area (TPSA) is 92.4 Å². The van der Waals surface area contributed by atoms with E-state index in [1.807, 2.05) is 30.3 Å². The van der Waals surface area contributed by atoms with Crippen molar-refractivity contribution in [1.29, 1.82) is 0 Å². The van der Waals surface area contributed by atoms with Crippen molar-refractivity contribution in [3.63, 3.8) is 0 Å². The zero-order chi connectivity index (χ0) is 19.7. The second kappa shape index (κ2) is 9.68. The van der Waals surface area contributed by atoms with Crippen LogP contribution in [0.15, 0.2) is 54.6 Å². The van der Waals surface area contributed by atoms with Gasteiger partial charge in [0, 0.05) is 0 Å². The highest BCUT2D eigenvalue weighted by Gasteiger charge is 2.32. The third-order valence-corrected chi connectivity index (χ3v) is 3.56. The molecule has 0 aromatic heterocycles. The van der Waals surface area contributed by atoms with Crippen molar-refractivity contribution in [2.24, 2.45) is 11.1 Å². The van der Waals surface area contributed by atoms with Crippen LogP contribution in [0.5, 0.6) is 0 Å². The molecule has 0 aliphatic heterocycles. The molecule has 0 saturated carbocycles. The largest absolute Gasteiger partial charge is 0.480 e. The van der Waals surface area contributed by atoms with E-state index in [4.69, 9.17) is 10.8 Å². The summed E-state index contributed by atoms with van der Waals surface area (Å²) < 4.78 is 12.6. The van der Waals surface area contributed by atoms with Crippen LogP contribution in [-0.2, 0) is 9.59 Å². The maximum atomic E-state index is 12.6. The lowest BCUT2D eigenvalue weighted by atomic mass is 9.87. The first-order valence-corrected chi connectivity index (χ1v) is 8.18. The first kappa shape index (κ1) is 21.3. The Kier molecular flexibility index (Phi) is 7.93. The fourth-order valence-corrected chi connectivity index (χ4v) is 2.14. The van der Waals surface area contributed by atoms with Crippen molar-refractivity contribution in [2.75, 3.05) is 6.54 Å². The highest BCUT2D eigenvalue weighted by atomic mass is 19.1. The van der Waals surface area contributed by atoms with Crippen molar-refractivity contribution in [3.8, 4) is 11.1 Å². The van der Waals surface area contributed by atoms with Gasteiger partial charge in [-0.2, -0.15) is 0 Å². The summed E-state index contributed by atoms with van der Waals surface area (Å²) in [5.74, 6) is -1.70. The Hall–Kier alpha value is -2.73. The normalized spacial score (nSPS) is 11.7. The second-order valence-electron chi connectivity index (χ2n) is 6.78. The van der Waals surface area contributed by atoms with E-state index < -0.39 is 23.3 Å². The quantitative estimate of drug-likeness (QED) is 0.781. The Morgan fingerprint density at radius 3 is 1.96 bits per heavy atom. The Balaban J connectivity index is 0.000000260. The molecule has 5 nitrogen and oxygen atoms in total. The molecule has 4 N–H and O–H groups in total. The molecule has 26 heavy (non-hydrogen) atoms. The van der Waals surface area contributed by atoms with Crippen molar-refractivity contribution in [1.82, 2.24) is 5.32 Å². The fraction of sp³-hybridized carbons (Fsp3) is 0.300. The van der Waals surface area contributed by atoms with Crippen molar-refractivity contribution in [2.45, 2.75) is 26.8 Å². The zero-order valence-electron chi connectivity index (χ0n) is 15.2. The third-order valence-electron chi connectivity index (χ3n) is 3.56. The van der Waals surface area contributed by atoms with Gasteiger partial charge in [-0.25, -0.2) is 9.18 Å². The van der Waals surface area contributed by atoms with E-state index in [-0.39, 0.29) is 12.4 Å². The fourth-order valence-electron chi connectivity index (χ4n) is 2.14. The lowest BCUT2D eigenvalue weighted by molar-refractivity contribution is -0.144. The molecule has 1 unspecified atom stereocenters. The summed E-state index contributed by atoms with van der Waals surface area (Å²) in [7, 11) is 0. The van der Waals surface area contributed by atoms with Crippen LogP contribution < -0.4 is 11.1 Å². The number of aliphatic carboxylic acids is 1. The van der Waals surface area contributed by atoms with Crippen LogP contribution in [0.3, 0.4) is 0 Å². The molecule has 2 aromatic carbocycles. The number of amides is 1. The third kappa shape index (κ3) is 7.03. The summed E-state index contributed by atoms with van der Waals surface area (Å²) in [6.45, 7) is 5.02. The number of rotatable bonds is 4. The molecule has 1 atom stereocenters. The van der Waals surface area contributed by atoms with Crippen LogP contribution >= 0.6 is 0 Å². The van der Waals surface area contributed by atoms with Gasteiger partial charge in [-0.1, -0.05) is 63.2 Å². The average molecular weight is 360 g/mol. The van der Waals surface area contributed by atoms with Crippen LogP contribution in [0.1, 0.15) is 20.8 Å². The number of carbonyl (C=O) groups is 2. The molecule has 0 saturated heterocycles. The minimum absolute atomic E-state index is 0.195. The highest BCUT2D eigenvalue weighted by molar-refractivity contribution is 5.85. The molecule has 0 heterocycles. The van der Waals surface area contributed by atoms with E-state index in [2.05, 4.69) is 5.32 Å². The summed E-state index contributed by atoms with van der Waals surface area (Å²) in [5, 5.41) is 11.1. The highest BCUT2D eigenvalue weighted by Crippen LogP contribution is 2.19. The predicted octanol–water partition coefficient (Wildman–Crippen LogP) is 3.05.